The number of benzene rings is 1. The van der Waals surface area contributed by atoms with Crippen LogP contribution in [0.4, 0.5) is 0 Å². The number of piperazine rings is 1. The molecule has 0 aliphatic carbocycles. The maximum absolute atomic E-state index is 12.3. The predicted octanol–water partition coefficient (Wildman–Crippen LogP) is 2.44. The first kappa shape index (κ1) is 22.7. The molecule has 1 saturated heterocycles. The Kier molecular flexibility index (Phi) is 9.75. The second-order valence-corrected chi connectivity index (χ2v) is 7.78. The van der Waals surface area contributed by atoms with Crippen LogP contribution < -0.4 is 10.6 Å². The number of hydrogen-bond acceptors (Lipinski definition) is 4. The molecule has 1 aromatic rings. The highest BCUT2D eigenvalue weighted by Gasteiger charge is 2.17. The summed E-state index contributed by atoms with van der Waals surface area (Å²) < 4.78 is 0. The summed E-state index contributed by atoms with van der Waals surface area (Å²) in [6, 6.07) is 6.88. The second kappa shape index (κ2) is 12.0. The van der Waals surface area contributed by atoms with Gasteiger partial charge in [-0.1, -0.05) is 30.7 Å². The zero-order valence-corrected chi connectivity index (χ0v) is 17.8. The zero-order valence-electron chi connectivity index (χ0n) is 17.0. The van der Waals surface area contributed by atoms with Gasteiger partial charge in [0.25, 0.3) is 0 Å². The van der Waals surface area contributed by atoms with E-state index in [2.05, 4.69) is 27.4 Å². The number of halogens is 1. The number of nitrogens with one attached hydrogen (secondary N) is 2. The average molecular weight is 409 g/mol. The topological polar surface area (TPSA) is 64.7 Å². The molecule has 2 N–H and O–H groups in total. The molecule has 0 spiro atoms. The van der Waals surface area contributed by atoms with E-state index in [0.29, 0.717) is 11.6 Å². The Hall–Kier alpha value is -1.63. The Balaban J connectivity index is 1.67. The highest BCUT2D eigenvalue weighted by Crippen LogP contribution is 2.19. The fraction of sp³-hybridized carbons (Fsp3) is 0.619. The van der Waals surface area contributed by atoms with Gasteiger partial charge >= 0.3 is 0 Å². The first-order valence-electron chi connectivity index (χ1n) is 10.2. The number of rotatable bonds is 10. The van der Waals surface area contributed by atoms with Crippen LogP contribution in [0.1, 0.15) is 44.7 Å². The predicted molar refractivity (Wildman–Crippen MR) is 113 cm³/mol. The van der Waals surface area contributed by atoms with Gasteiger partial charge in [-0.05, 0) is 43.6 Å². The van der Waals surface area contributed by atoms with Gasteiger partial charge in [-0.25, -0.2) is 0 Å². The smallest absolute Gasteiger partial charge is 0.222 e. The van der Waals surface area contributed by atoms with Gasteiger partial charge in [0.2, 0.25) is 11.8 Å². The maximum Gasteiger partial charge on any atom is 0.222 e. The molecule has 0 saturated carbocycles. The number of carbonyl (C=O) groups is 2. The summed E-state index contributed by atoms with van der Waals surface area (Å²) >= 11 is 5.92. The lowest BCUT2D eigenvalue weighted by molar-refractivity contribution is -0.122. The molecule has 28 heavy (non-hydrogen) atoms. The van der Waals surface area contributed by atoms with Crippen LogP contribution in [0.15, 0.2) is 24.3 Å². The fourth-order valence-electron chi connectivity index (χ4n) is 3.47. The largest absolute Gasteiger partial charge is 0.356 e. The highest BCUT2D eigenvalue weighted by atomic mass is 35.5. The maximum atomic E-state index is 12.3. The van der Waals surface area contributed by atoms with Gasteiger partial charge in [-0.2, -0.15) is 0 Å². The Labute approximate surface area is 173 Å². The van der Waals surface area contributed by atoms with Crippen molar-refractivity contribution in [2.75, 3.05) is 45.8 Å². The van der Waals surface area contributed by atoms with E-state index in [-0.39, 0.29) is 24.3 Å². The minimum Gasteiger partial charge on any atom is -0.356 e. The number of hydrogen-bond donors (Lipinski definition) is 2. The monoisotopic (exact) mass is 408 g/mol. The Bertz CT molecular complexity index is 615. The molecule has 2 amide bonds. The molecule has 156 valence electrons. The van der Waals surface area contributed by atoms with Crippen molar-refractivity contribution in [3.05, 3.63) is 34.9 Å². The molecule has 6 nitrogen and oxygen atoms in total. The van der Waals surface area contributed by atoms with Gasteiger partial charge in [0.05, 0.1) is 12.5 Å². The second-order valence-electron chi connectivity index (χ2n) is 7.34. The van der Waals surface area contributed by atoms with E-state index < -0.39 is 0 Å². The average Bonchev–Trinajstić information content (AvgIpc) is 2.68. The van der Waals surface area contributed by atoms with Gasteiger partial charge in [0, 0.05) is 44.7 Å². The van der Waals surface area contributed by atoms with Gasteiger partial charge in [0.1, 0.15) is 0 Å². The lowest BCUT2D eigenvalue weighted by Gasteiger charge is -2.33. The number of carbonyl (C=O) groups excluding carboxylic acids is 2. The molecule has 1 fully saturated rings. The molecular formula is C21H33ClN4O2. The quantitative estimate of drug-likeness (QED) is 0.583. The van der Waals surface area contributed by atoms with Crippen molar-refractivity contribution in [2.24, 2.45) is 0 Å². The van der Waals surface area contributed by atoms with Crippen molar-refractivity contribution >= 4 is 23.4 Å². The van der Waals surface area contributed by atoms with Crippen LogP contribution in [0, 0.1) is 0 Å². The van der Waals surface area contributed by atoms with Crippen LogP contribution in [0.3, 0.4) is 0 Å². The standard InChI is InChI=1S/C21H33ClN4O2/c1-3-25-12-14-26(15-13-25)11-5-4-10-23-21(28)16-20(24-17(2)27)18-6-8-19(22)9-7-18/h6-9,20H,3-5,10-16H2,1-2H3,(H,23,28)(H,24,27). The van der Waals surface area contributed by atoms with Crippen LogP contribution in [0.25, 0.3) is 0 Å². The normalized spacial score (nSPS) is 16.5. The van der Waals surface area contributed by atoms with Crippen LogP contribution >= 0.6 is 11.6 Å². The zero-order chi connectivity index (χ0) is 20.4. The molecule has 1 unspecified atom stereocenters. The Morgan fingerprint density at radius 3 is 2.32 bits per heavy atom. The van der Waals surface area contributed by atoms with Gasteiger partial charge in [0.15, 0.2) is 0 Å². The van der Waals surface area contributed by atoms with Crippen molar-refractivity contribution in [3.8, 4) is 0 Å². The van der Waals surface area contributed by atoms with E-state index >= 15 is 0 Å². The summed E-state index contributed by atoms with van der Waals surface area (Å²) in [4.78, 5) is 28.8. The minimum absolute atomic E-state index is 0.0507. The van der Waals surface area contributed by atoms with Crippen LogP contribution in [-0.2, 0) is 9.59 Å². The molecule has 1 aliphatic heterocycles. The van der Waals surface area contributed by atoms with E-state index in [1.165, 1.54) is 6.92 Å². The summed E-state index contributed by atoms with van der Waals surface area (Å²) in [6.07, 6.45) is 2.27. The third-order valence-corrected chi connectivity index (χ3v) is 5.43. The van der Waals surface area contributed by atoms with Crippen molar-refractivity contribution in [1.29, 1.82) is 0 Å². The van der Waals surface area contributed by atoms with Crippen molar-refractivity contribution in [3.63, 3.8) is 0 Å². The van der Waals surface area contributed by atoms with E-state index in [1.807, 2.05) is 12.1 Å². The SMILES string of the molecule is CCN1CCN(CCCCNC(=O)CC(NC(C)=O)c2ccc(Cl)cc2)CC1. The summed E-state index contributed by atoms with van der Waals surface area (Å²) in [5.74, 6) is -0.207. The molecular weight excluding hydrogens is 376 g/mol. The number of nitrogens with zero attached hydrogens (tertiary/aromatic N) is 2. The number of amides is 2. The van der Waals surface area contributed by atoms with E-state index in [0.717, 1.165) is 57.7 Å². The molecule has 1 heterocycles. The summed E-state index contributed by atoms with van der Waals surface area (Å²) in [6.45, 7) is 11.1. The third-order valence-electron chi connectivity index (χ3n) is 5.17. The molecule has 0 bridgehead atoms. The van der Waals surface area contributed by atoms with Crippen LogP contribution in [-0.4, -0.2) is 67.4 Å². The van der Waals surface area contributed by atoms with Gasteiger partial charge in [-0.15, -0.1) is 0 Å². The molecule has 0 aromatic heterocycles. The number of likely N-dealkylation sites (N-methyl/N-ethyl adjacent to an activating group) is 1. The van der Waals surface area contributed by atoms with Crippen molar-refractivity contribution in [1.82, 2.24) is 20.4 Å². The first-order chi connectivity index (χ1) is 13.5. The third kappa shape index (κ3) is 8.17. The lowest BCUT2D eigenvalue weighted by Crippen LogP contribution is -2.46. The summed E-state index contributed by atoms with van der Waals surface area (Å²) in [7, 11) is 0. The Morgan fingerprint density at radius 1 is 1.07 bits per heavy atom. The van der Waals surface area contributed by atoms with Crippen molar-refractivity contribution in [2.45, 2.75) is 39.2 Å². The fourth-order valence-corrected chi connectivity index (χ4v) is 3.59. The van der Waals surface area contributed by atoms with Crippen molar-refractivity contribution < 1.29 is 9.59 Å². The van der Waals surface area contributed by atoms with Gasteiger partial charge < -0.3 is 20.4 Å². The first-order valence-corrected chi connectivity index (χ1v) is 10.6. The Morgan fingerprint density at radius 2 is 1.71 bits per heavy atom. The summed E-state index contributed by atoms with van der Waals surface area (Å²) in [5, 5.41) is 6.45. The minimum atomic E-state index is -0.343. The van der Waals surface area contributed by atoms with E-state index in [1.54, 1.807) is 12.1 Å². The molecule has 1 atom stereocenters. The van der Waals surface area contributed by atoms with E-state index in [9.17, 15) is 9.59 Å². The number of unbranched alkanes of at least 4 members (excludes halogenated alkanes) is 1. The lowest BCUT2D eigenvalue weighted by atomic mass is 10.0. The molecule has 7 heteroatoms. The van der Waals surface area contributed by atoms with Gasteiger partial charge in [-0.3, -0.25) is 9.59 Å². The van der Waals surface area contributed by atoms with Crippen LogP contribution in [0.2, 0.25) is 5.02 Å². The van der Waals surface area contributed by atoms with Crippen LogP contribution in [0.5, 0.6) is 0 Å². The molecule has 1 aliphatic rings. The molecule has 0 radical (unpaired) electrons. The summed E-state index contributed by atoms with van der Waals surface area (Å²) in [5.41, 5.74) is 0.876. The van der Waals surface area contributed by atoms with E-state index in [4.69, 9.17) is 11.6 Å². The molecule has 2 rings (SSSR count). The highest BCUT2D eigenvalue weighted by molar-refractivity contribution is 6.30. The molecule has 1 aromatic carbocycles.